The van der Waals surface area contributed by atoms with Gasteiger partial charge in [0.05, 0.1) is 5.54 Å². The quantitative estimate of drug-likeness (QED) is 0.878. The van der Waals surface area contributed by atoms with Gasteiger partial charge in [0.1, 0.15) is 0 Å². The van der Waals surface area contributed by atoms with Crippen LogP contribution in [0.5, 0.6) is 0 Å². The van der Waals surface area contributed by atoms with Crippen molar-refractivity contribution in [1.29, 1.82) is 0 Å². The first-order chi connectivity index (χ1) is 9.66. The van der Waals surface area contributed by atoms with Crippen molar-refractivity contribution in [2.24, 2.45) is 5.73 Å². The smallest absolute Gasteiger partial charge is 0.240 e. The van der Waals surface area contributed by atoms with Crippen LogP contribution in [-0.4, -0.2) is 35.5 Å². The molecular formula is C16H25Cl2N3O. The minimum atomic E-state index is -0.577. The van der Waals surface area contributed by atoms with Gasteiger partial charge in [-0.2, -0.15) is 0 Å². The molecule has 1 unspecified atom stereocenters. The zero-order valence-electron chi connectivity index (χ0n) is 12.7. The Balaban J connectivity index is 0.00000121. The Kier molecular flexibility index (Phi) is 7.13. The van der Waals surface area contributed by atoms with E-state index in [2.05, 4.69) is 34.5 Å². The predicted molar refractivity (Wildman–Crippen MR) is 93.5 cm³/mol. The number of nitrogens with two attached hydrogens (primary N) is 1. The van der Waals surface area contributed by atoms with Crippen LogP contribution < -0.4 is 11.1 Å². The standard InChI is InChI=1S/C16H23N3O.2ClH/c17-16(8-4-9-16)15(20)18-14-7-10-19(12-14)11-13-5-2-1-3-6-13;;/h1-3,5-6,14H,4,7-12,17H2,(H,18,20);2*1H. The summed E-state index contributed by atoms with van der Waals surface area (Å²) in [5.41, 5.74) is 6.81. The van der Waals surface area contributed by atoms with Crippen molar-refractivity contribution >= 4 is 30.7 Å². The first kappa shape index (κ1) is 19.2. The van der Waals surface area contributed by atoms with E-state index >= 15 is 0 Å². The highest BCUT2D eigenvalue weighted by molar-refractivity contribution is 5.87. The Bertz CT molecular complexity index is 480. The van der Waals surface area contributed by atoms with Gasteiger partial charge in [-0.15, -0.1) is 24.8 Å². The maximum absolute atomic E-state index is 12.1. The van der Waals surface area contributed by atoms with Crippen LogP contribution in [0.4, 0.5) is 0 Å². The molecule has 1 saturated carbocycles. The number of halogens is 2. The number of hydrogen-bond donors (Lipinski definition) is 2. The van der Waals surface area contributed by atoms with Crippen molar-refractivity contribution < 1.29 is 4.79 Å². The number of nitrogens with zero attached hydrogens (tertiary/aromatic N) is 1. The fourth-order valence-corrected chi connectivity index (χ4v) is 3.05. The molecule has 6 heteroatoms. The summed E-state index contributed by atoms with van der Waals surface area (Å²) < 4.78 is 0. The summed E-state index contributed by atoms with van der Waals surface area (Å²) in [4.78, 5) is 14.5. The molecule has 1 aromatic rings. The molecule has 1 aromatic carbocycles. The lowest BCUT2D eigenvalue weighted by molar-refractivity contribution is -0.129. The second kappa shape index (κ2) is 8.16. The fourth-order valence-electron chi connectivity index (χ4n) is 3.05. The summed E-state index contributed by atoms with van der Waals surface area (Å²) in [5.74, 6) is 0.0512. The summed E-state index contributed by atoms with van der Waals surface area (Å²) in [5, 5.41) is 3.13. The first-order valence-electron chi connectivity index (χ1n) is 7.52. The molecule has 3 rings (SSSR count). The van der Waals surface area contributed by atoms with Gasteiger partial charge in [-0.05, 0) is 31.2 Å². The van der Waals surface area contributed by atoms with E-state index in [4.69, 9.17) is 5.73 Å². The van der Waals surface area contributed by atoms with E-state index in [1.807, 2.05) is 6.07 Å². The number of benzene rings is 1. The third-order valence-corrected chi connectivity index (χ3v) is 4.55. The van der Waals surface area contributed by atoms with E-state index in [9.17, 15) is 4.79 Å². The van der Waals surface area contributed by atoms with Gasteiger partial charge in [-0.1, -0.05) is 30.3 Å². The first-order valence-corrected chi connectivity index (χ1v) is 7.52. The summed E-state index contributed by atoms with van der Waals surface area (Å²) in [6.45, 7) is 2.93. The minimum Gasteiger partial charge on any atom is -0.350 e. The van der Waals surface area contributed by atoms with Crippen LogP contribution in [0.15, 0.2) is 30.3 Å². The van der Waals surface area contributed by atoms with Crippen LogP contribution in [0.2, 0.25) is 0 Å². The van der Waals surface area contributed by atoms with Crippen molar-refractivity contribution in [3.63, 3.8) is 0 Å². The van der Waals surface area contributed by atoms with Crippen molar-refractivity contribution in [3.8, 4) is 0 Å². The highest BCUT2D eigenvalue weighted by Gasteiger charge is 2.41. The zero-order chi connectivity index (χ0) is 14.0. The maximum atomic E-state index is 12.1. The van der Waals surface area contributed by atoms with Gasteiger partial charge in [0, 0.05) is 25.7 Å². The number of amides is 1. The monoisotopic (exact) mass is 345 g/mol. The molecule has 0 spiro atoms. The Morgan fingerprint density at radius 2 is 1.95 bits per heavy atom. The number of carbonyl (C=O) groups excluding carboxylic acids is 1. The molecule has 1 aliphatic carbocycles. The van der Waals surface area contributed by atoms with E-state index in [1.54, 1.807) is 0 Å². The van der Waals surface area contributed by atoms with E-state index in [1.165, 1.54) is 5.56 Å². The number of hydrogen-bond acceptors (Lipinski definition) is 3. The summed E-state index contributed by atoms with van der Waals surface area (Å²) >= 11 is 0. The predicted octanol–water partition coefficient (Wildman–Crippen LogP) is 2.10. The maximum Gasteiger partial charge on any atom is 0.240 e. The summed E-state index contributed by atoms with van der Waals surface area (Å²) in [7, 11) is 0. The fraction of sp³-hybridized carbons (Fsp3) is 0.562. The highest BCUT2D eigenvalue weighted by Crippen LogP contribution is 2.29. The molecule has 1 atom stereocenters. The molecule has 2 fully saturated rings. The Hall–Kier alpha value is -0.810. The van der Waals surface area contributed by atoms with Gasteiger partial charge in [-0.25, -0.2) is 0 Å². The van der Waals surface area contributed by atoms with Gasteiger partial charge in [0.25, 0.3) is 0 Å². The number of carbonyl (C=O) groups is 1. The summed E-state index contributed by atoms with van der Waals surface area (Å²) in [6.07, 6.45) is 3.77. The lowest BCUT2D eigenvalue weighted by Crippen LogP contribution is -2.60. The topological polar surface area (TPSA) is 58.4 Å². The minimum absolute atomic E-state index is 0. The van der Waals surface area contributed by atoms with Gasteiger partial charge < -0.3 is 11.1 Å². The molecule has 0 radical (unpaired) electrons. The molecule has 0 aromatic heterocycles. The van der Waals surface area contributed by atoms with E-state index in [0.29, 0.717) is 0 Å². The molecule has 3 N–H and O–H groups in total. The molecular weight excluding hydrogens is 321 g/mol. The number of likely N-dealkylation sites (tertiary alicyclic amines) is 1. The van der Waals surface area contributed by atoms with Crippen LogP contribution in [0.25, 0.3) is 0 Å². The molecule has 2 aliphatic rings. The molecule has 22 heavy (non-hydrogen) atoms. The van der Waals surface area contributed by atoms with Crippen LogP contribution in [0, 0.1) is 0 Å². The van der Waals surface area contributed by atoms with Gasteiger partial charge in [-0.3, -0.25) is 9.69 Å². The largest absolute Gasteiger partial charge is 0.350 e. The number of rotatable bonds is 4. The average molecular weight is 346 g/mol. The number of nitrogens with one attached hydrogen (secondary N) is 1. The van der Waals surface area contributed by atoms with Gasteiger partial charge in [0.2, 0.25) is 5.91 Å². The van der Waals surface area contributed by atoms with E-state index in [-0.39, 0.29) is 36.8 Å². The second-order valence-corrected chi connectivity index (χ2v) is 6.19. The summed E-state index contributed by atoms with van der Waals surface area (Å²) in [6, 6.07) is 10.7. The molecule has 4 nitrogen and oxygen atoms in total. The molecule has 124 valence electrons. The lowest BCUT2D eigenvalue weighted by Gasteiger charge is -2.37. The normalized spacial score (nSPS) is 22.9. The Morgan fingerprint density at radius 1 is 1.27 bits per heavy atom. The molecule has 1 aliphatic heterocycles. The van der Waals surface area contributed by atoms with Crippen molar-refractivity contribution in [2.75, 3.05) is 13.1 Å². The van der Waals surface area contributed by atoms with Crippen LogP contribution >= 0.6 is 24.8 Å². The zero-order valence-corrected chi connectivity index (χ0v) is 14.3. The van der Waals surface area contributed by atoms with Gasteiger partial charge >= 0.3 is 0 Å². The molecule has 1 heterocycles. The lowest BCUT2D eigenvalue weighted by atomic mass is 9.77. The molecule has 0 bridgehead atoms. The van der Waals surface area contributed by atoms with Gasteiger partial charge in [0.15, 0.2) is 0 Å². The average Bonchev–Trinajstić information content (AvgIpc) is 2.84. The van der Waals surface area contributed by atoms with E-state index < -0.39 is 5.54 Å². The van der Waals surface area contributed by atoms with E-state index in [0.717, 1.165) is 45.3 Å². The van der Waals surface area contributed by atoms with Crippen LogP contribution in [0.3, 0.4) is 0 Å². The molecule has 1 saturated heterocycles. The van der Waals surface area contributed by atoms with Crippen LogP contribution in [0.1, 0.15) is 31.2 Å². The van der Waals surface area contributed by atoms with Crippen molar-refractivity contribution in [2.45, 2.75) is 43.8 Å². The van der Waals surface area contributed by atoms with Crippen molar-refractivity contribution in [1.82, 2.24) is 10.2 Å². The Morgan fingerprint density at radius 3 is 2.55 bits per heavy atom. The second-order valence-electron chi connectivity index (χ2n) is 6.19. The van der Waals surface area contributed by atoms with Crippen LogP contribution in [-0.2, 0) is 11.3 Å². The third kappa shape index (κ3) is 4.35. The SMILES string of the molecule is Cl.Cl.NC1(C(=O)NC2CCN(Cc3ccccc3)C2)CCC1. The van der Waals surface area contributed by atoms with Crippen molar-refractivity contribution in [3.05, 3.63) is 35.9 Å². The molecule has 1 amide bonds. The Labute approximate surface area is 144 Å². The highest BCUT2D eigenvalue weighted by atomic mass is 35.5. The third-order valence-electron chi connectivity index (χ3n) is 4.55.